The number of halogens is 5. The number of nitrogens with zero attached hydrogens (tertiary/aromatic N) is 1. The summed E-state index contributed by atoms with van der Waals surface area (Å²) in [6.07, 6.45) is -6.46. The molecular formula is C28H28ClF4NO3. The van der Waals surface area contributed by atoms with E-state index < -0.39 is 18.6 Å². The van der Waals surface area contributed by atoms with Crippen LogP contribution in [0.1, 0.15) is 30.9 Å². The third-order valence-corrected chi connectivity index (χ3v) is 6.54. The molecule has 0 heterocycles. The maximum Gasteiger partial charge on any atom is 0.461 e. The minimum absolute atomic E-state index is 0.211. The summed E-state index contributed by atoms with van der Waals surface area (Å²) in [4.78, 5) is 1.90. The molecule has 1 aliphatic rings. The van der Waals surface area contributed by atoms with Gasteiger partial charge in [-0.15, -0.1) is 0 Å². The summed E-state index contributed by atoms with van der Waals surface area (Å²) in [7, 11) is 0. The number of aliphatic hydroxyl groups is 1. The Balaban J connectivity index is 1.56. The van der Waals surface area contributed by atoms with E-state index in [4.69, 9.17) is 16.3 Å². The highest BCUT2D eigenvalue weighted by Gasteiger charge is 2.44. The lowest BCUT2D eigenvalue weighted by atomic mass is 10.1. The van der Waals surface area contributed by atoms with Crippen LogP contribution < -0.4 is 14.4 Å². The van der Waals surface area contributed by atoms with Crippen LogP contribution in [0.15, 0.2) is 66.7 Å². The molecule has 37 heavy (non-hydrogen) atoms. The largest absolute Gasteiger partial charge is 0.461 e. The molecule has 4 rings (SSSR count). The monoisotopic (exact) mass is 537 g/mol. The minimum atomic E-state index is -4.59. The van der Waals surface area contributed by atoms with Crippen molar-refractivity contribution in [2.45, 2.75) is 51.4 Å². The van der Waals surface area contributed by atoms with Crippen molar-refractivity contribution in [2.24, 2.45) is 5.92 Å². The van der Waals surface area contributed by atoms with Crippen LogP contribution in [0.25, 0.3) is 0 Å². The Hall–Kier alpha value is -2.97. The van der Waals surface area contributed by atoms with E-state index in [1.54, 1.807) is 24.3 Å². The van der Waals surface area contributed by atoms with Gasteiger partial charge in [0.15, 0.2) is 0 Å². The van der Waals surface area contributed by atoms with Gasteiger partial charge in [0, 0.05) is 29.9 Å². The van der Waals surface area contributed by atoms with Gasteiger partial charge in [-0.1, -0.05) is 36.7 Å². The number of benzene rings is 3. The fraction of sp³-hybridized carbons (Fsp3) is 0.357. The molecule has 0 aromatic heterocycles. The summed E-state index contributed by atoms with van der Waals surface area (Å²) in [5, 5.41) is 11.3. The summed E-state index contributed by atoms with van der Waals surface area (Å²) >= 11 is 6.21. The SMILES string of the molecule is CCc1cc(Oc2cccc(N(Cc3cccc(OC(F)(F)C(F)F)c3)CC(O)C3CC3)c2)ccc1Cl. The predicted octanol–water partition coefficient (Wildman–Crippen LogP) is 7.71. The number of hydrogen-bond donors (Lipinski definition) is 1. The van der Waals surface area contributed by atoms with Crippen LogP contribution in [0.3, 0.4) is 0 Å². The number of anilines is 1. The van der Waals surface area contributed by atoms with Gasteiger partial charge >= 0.3 is 12.5 Å². The second kappa shape index (κ2) is 11.6. The number of ether oxygens (including phenoxy) is 2. The Morgan fingerprint density at radius 2 is 1.70 bits per heavy atom. The van der Waals surface area contributed by atoms with E-state index in [0.717, 1.165) is 30.5 Å². The number of hydrogen-bond acceptors (Lipinski definition) is 4. The second-order valence-electron chi connectivity index (χ2n) is 9.10. The van der Waals surface area contributed by atoms with Crippen molar-refractivity contribution in [3.05, 3.63) is 82.9 Å². The van der Waals surface area contributed by atoms with Crippen molar-refractivity contribution in [1.82, 2.24) is 0 Å². The predicted molar refractivity (Wildman–Crippen MR) is 135 cm³/mol. The molecular weight excluding hydrogens is 510 g/mol. The van der Waals surface area contributed by atoms with Gasteiger partial charge in [0.25, 0.3) is 0 Å². The van der Waals surface area contributed by atoms with Crippen molar-refractivity contribution in [2.75, 3.05) is 11.4 Å². The van der Waals surface area contributed by atoms with Crippen LogP contribution in [0.4, 0.5) is 23.2 Å². The Kier molecular flexibility index (Phi) is 8.49. The average Bonchev–Trinajstić information content (AvgIpc) is 3.71. The van der Waals surface area contributed by atoms with Crippen molar-refractivity contribution < 1.29 is 32.1 Å². The van der Waals surface area contributed by atoms with E-state index in [-0.39, 0.29) is 18.2 Å². The summed E-state index contributed by atoms with van der Waals surface area (Å²) in [5.74, 6) is 1.05. The van der Waals surface area contributed by atoms with E-state index >= 15 is 0 Å². The average molecular weight is 538 g/mol. The van der Waals surface area contributed by atoms with Crippen LogP contribution in [0, 0.1) is 5.92 Å². The standard InChI is InChI=1S/C28H28ClF4NO3/c1-2-19-14-23(11-12-25(19)29)36-22-7-4-6-21(15-22)34(17-26(35)20-9-10-20)16-18-5-3-8-24(13-18)37-28(32,33)27(30)31/h3-8,11-15,20,26-27,35H,2,9-10,16-17H2,1H3. The normalized spacial score (nSPS) is 14.5. The van der Waals surface area contributed by atoms with Gasteiger partial charge in [0.1, 0.15) is 17.2 Å². The molecule has 1 unspecified atom stereocenters. The molecule has 0 saturated heterocycles. The smallest absolute Gasteiger partial charge is 0.457 e. The topological polar surface area (TPSA) is 41.9 Å². The Labute approximate surface area is 218 Å². The lowest BCUT2D eigenvalue weighted by Gasteiger charge is -2.28. The first-order chi connectivity index (χ1) is 17.6. The zero-order chi connectivity index (χ0) is 26.6. The van der Waals surface area contributed by atoms with E-state index in [0.29, 0.717) is 28.6 Å². The first-order valence-corrected chi connectivity index (χ1v) is 12.5. The first kappa shape index (κ1) is 27.1. The van der Waals surface area contributed by atoms with E-state index in [1.165, 1.54) is 18.2 Å². The van der Waals surface area contributed by atoms with E-state index in [2.05, 4.69) is 4.74 Å². The third kappa shape index (κ3) is 7.29. The van der Waals surface area contributed by atoms with Crippen molar-refractivity contribution in [3.63, 3.8) is 0 Å². The fourth-order valence-electron chi connectivity index (χ4n) is 4.01. The lowest BCUT2D eigenvalue weighted by molar-refractivity contribution is -0.253. The van der Waals surface area contributed by atoms with Crippen molar-refractivity contribution in [3.8, 4) is 17.2 Å². The summed E-state index contributed by atoms with van der Waals surface area (Å²) < 4.78 is 62.3. The van der Waals surface area contributed by atoms with E-state index in [1.807, 2.05) is 36.1 Å². The molecule has 0 radical (unpaired) electrons. The van der Waals surface area contributed by atoms with E-state index in [9.17, 15) is 22.7 Å². The Morgan fingerprint density at radius 3 is 2.41 bits per heavy atom. The summed E-state index contributed by atoms with van der Waals surface area (Å²) in [5.41, 5.74) is 2.26. The van der Waals surface area contributed by atoms with Gasteiger partial charge in [-0.3, -0.25) is 0 Å². The molecule has 1 N–H and O–H groups in total. The number of rotatable bonds is 12. The molecule has 1 atom stereocenters. The van der Waals surface area contributed by atoms with Crippen molar-refractivity contribution >= 4 is 17.3 Å². The van der Waals surface area contributed by atoms with Crippen LogP contribution in [0.5, 0.6) is 17.2 Å². The van der Waals surface area contributed by atoms with Crippen LogP contribution in [-0.4, -0.2) is 30.3 Å². The molecule has 0 amide bonds. The van der Waals surface area contributed by atoms with Gasteiger partial charge in [0.05, 0.1) is 6.10 Å². The van der Waals surface area contributed by atoms with Gasteiger partial charge in [0.2, 0.25) is 0 Å². The van der Waals surface area contributed by atoms with Gasteiger partial charge < -0.3 is 19.5 Å². The summed E-state index contributed by atoms with van der Waals surface area (Å²) in [6, 6.07) is 18.4. The highest BCUT2D eigenvalue weighted by molar-refractivity contribution is 6.31. The molecule has 1 saturated carbocycles. The molecule has 198 valence electrons. The number of alkyl halides is 4. The molecule has 9 heteroatoms. The van der Waals surface area contributed by atoms with Crippen molar-refractivity contribution in [1.29, 1.82) is 0 Å². The highest BCUT2D eigenvalue weighted by Crippen LogP contribution is 2.35. The molecule has 4 nitrogen and oxygen atoms in total. The maximum absolute atomic E-state index is 13.4. The van der Waals surface area contributed by atoms with Gasteiger partial charge in [-0.25, -0.2) is 0 Å². The molecule has 0 spiro atoms. The van der Waals surface area contributed by atoms with Crippen LogP contribution in [0.2, 0.25) is 5.02 Å². The zero-order valence-corrected chi connectivity index (χ0v) is 21.0. The number of aliphatic hydroxyl groups excluding tert-OH is 1. The Bertz CT molecular complexity index is 1210. The first-order valence-electron chi connectivity index (χ1n) is 12.1. The lowest BCUT2D eigenvalue weighted by Crippen LogP contribution is -2.34. The molecule has 1 fully saturated rings. The fourth-order valence-corrected chi connectivity index (χ4v) is 4.26. The zero-order valence-electron chi connectivity index (χ0n) is 20.2. The quantitative estimate of drug-likeness (QED) is 0.240. The third-order valence-electron chi connectivity index (χ3n) is 6.17. The molecule has 3 aromatic carbocycles. The molecule has 1 aliphatic carbocycles. The summed E-state index contributed by atoms with van der Waals surface area (Å²) in [6.45, 7) is 2.53. The molecule has 3 aromatic rings. The molecule has 0 aliphatic heterocycles. The maximum atomic E-state index is 13.4. The Morgan fingerprint density at radius 1 is 1.00 bits per heavy atom. The molecule has 0 bridgehead atoms. The minimum Gasteiger partial charge on any atom is -0.457 e. The van der Waals surface area contributed by atoms with Gasteiger partial charge in [-0.05, 0) is 78.8 Å². The number of aryl methyl sites for hydroxylation is 1. The van der Waals surface area contributed by atoms with Crippen LogP contribution in [-0.2, 0) is 13.0 Å². The van der Waals surface area contributed by atoms with Gasteiger partial charge in [-0.2, -0.15) is 17.6 Å². The highest BCUT2D eigenvalue weighted by atomic mass is 35.5. The second-order valence-corrected chi connectivity index (χ2v) is 9.51. The van der Waals surface area contributed by atoms with Crippen LogP contribution >= 0.6 is 11.6 Å².